The maximum absolute atomic E-state index is 13.6. The number of benzene rings is 2. The van der Waals surface area contributed by atoms with Gasteiger partial charge in [-0.25, -0.2) is 0 Å². The highest BCUT2D eigenvalue weighted by atomic mass is 16.7. The van der Waals surface area contributed by atoms with Crippen molar-refractivity contribution in [2.24, 2.45) is 0 Å². The summed E-state index contributed by atoms with van der Waals surface area (Å²) >= 11 is 0. The lowest BCUT2D eigenvalue weighted by Gasteiger charge is -2.40. The summed E-state index contributed by atoms with van der Waals surface area (Å²) in [5, 5.41) is 33.8. The van der Waals surface area contributed by atoms with Gasteiger partial charge in [-0.2, -0.15) is 0 Å². The molecular weight excluding hydrogens is 456 g/mol. The van der Waals surface area contributed by atoms with E-state index in [1.165, 1.54) is 26.2 Å². The van der Waals surface area contributed by atoms with Crippen LogP contribution in [0.4, 0.5) is 0 Å². The Morgan fingerprint density at radius 2 is 1.83 bits per heavy atom. The molecule has 2 aliphatic carbocycles. The molecule has 0 saturated carbocycles. The van der Waals surface area contributed by atoms with Gasteiger partial charge in [0, 0.05) is 36.1 Å². The number of ketones is 3. The predicted molar refractivity (Wildman–Crippen MR) is 121 cm³/mol. The third-order valence-electron chi connectivity index (χ3n) is 7.19. The first-order chi connectivity index (χ1) is 16.7. The topological polar surface area (TPSA) is 140 Å². The second-order valence-corrected chi connectivity index (χ2v) is 9.27. The van der Waals surface area contributed by atoms with Crippen molar-refractivity contribution in [2.45, 2.75) is 57.0 Å². The van der Waals surface area contributed by atoms with Gasteiger partial charge in [-0.05, 0) is 32.3 Å². The van der Waals surface area contributed by atoms with Crippen LogP contribution in [0.1, 0.15) is 81.7 Å². The summed E-state index contributed by atoms with van der Waals surface area (Å²) in [6, 6.07) is 4.52. The molecule has 5 rings (SSSR count). The largest absolute Gasteiger partial charge is 0.507 e. The van der Waals surface area contributed by atoms with Gasteiger partial charge < -0.3 is 29.5 Å². The normalized spacial score (nSPS) is 25.5. The highest BCUT2D eigenvalue weighted by Gasteiger charge is 2.48. The van der Waals surface area contributed by atoms with Crippen molar-refractivity contribution in [3.05, 3.63) is 51.6 Å². The number of phenols is 2. The number of fused-ring (bicyclic) bond motifs is 3. The summed E-state index contributed by atoms with van der Waals surface area (Å²) in [7, 11) is 1.36. The number of ether oxygens (including phenoxy) is 3. The molecule has 0 bridgehead atoms. The Morgan fingerprint density at radius 3 is 2.49 bits per heavy atom. The third kappa shape index (κ3) is 3.53. The summed E-state index contributed by atoms with van der Waals surface area (Å²) in [4.78, 5) is 39.4. The number of Topliss-reactive ketones (excluding diaryl/α,β-unsaturated/α-hetero) is 1. The fourth-order valence-corrected chi connectivity index (χ4v) is 5.30. The van der Waals surface area contributed by atoms with E-state index in [1.54, 1.807) is 6.07 Å². The van der Waals surface area contributed by atoms with Crippen LogP contribution in [0.5, 0.6) is 17.2 Å². The lowest BCUT2D eigenvalue weighted by Crippen LogP contribution is -2.45. The summed E-state index contributed by atoms with van der Waals surface area (Å²) in [5.74, 6) is -2.81. The van der Waals surface area contributed by atoms with Crippen LogP contribution in [0, 0.1) is 0 Å². The first-order valence-corrected chi connectivity index (χ1v) is 11.6. The van der Waals surface area contributed by atoms with Crippen LogP contribution < -0.4 is 4.74 Å². The van der Waals surface area contributed by atoms with Crippen molar-refractivity contribution in [3.8, 4) is 17.2 Å². The van der Waals surface area contributed by atoms with Crippen LogP contribution in [0.15, 0.2) is 18.2 Å². The molecule has 3 N–H and O–H groups in total. The highest BCUT2D eigenvalue weighted by Crippen LogP contribution is 2.52. The Kier molecular flexibility index (Phi) is 5.66. The van der Waals surface area contributed by atoms with Gasteiger partial charge in [0.2, 0.25) is 5.78 Å². The van der Waals surface area contributed by atoms with Crippen LogP contribution in [-0.4, -0.2) is 58.3 Å². The highest BCUT2D eigenvalue weighted by molar-refractivity contribution is 6.31. The van der Waals surface area contributed by atoms with E-state index in [1.807, 2.05) is 0 Å². The maximum Gasteiger partial charge on any atom is 0.202 e. The molecule has 0 radical (unpaired) electrons. The van der Waals surface area contributed by atoms with E-state index in [0.717, 1.165) is 12.8 Å². The van der Waals surface area contributed by atoms with Crippen molar-refractivity contribution in [1.29, 1.82) is 0 Å². The van der Waals surface area contributed by atoms with Gasteiger partial charge in [-0.15, -0.1) is 0 Å². The summed E-state index contributed by atoms with van der Waals surface area (Å²) in [6.45, 7) is 1.71. The average molecular weight is 482 g/mol. The molecule has 0 amide bonds. The number of aliphatic hydroxyl groups is 1. The molecule has 1 aliphatic heterocycles. The summed E-state index contributed by atoms with van der Waals surface area (Å²) in [5.41, 5.74) is -2.53. The van der Waals surface area contributed by atoms with Crippen LogP contribution in [0.3, 0.4) is 0 Å². The van der Waals surface area contributed by atoms with Gasteiger partial charge in [-0.1, -0.05) is 12.1 Å². The van der Waals surface area contributed by atoms with E-state index >= 15 is 0 Å². The molecule has 1 fully saturated rings. The third-order valence-corrected chi connectivity index (χ3v) is 7.19. The molecule has 2 aromatic carbocycles. The molecule has 9 heteroatoms. The van der Waals surface area contributed by atoms with Crippen molar-refractivity contribution < 1.29 is 43.9 Å². The van der Waals surface area contributed by atoms with E-state index in [4.69, 9.17) is 14.2 Å². The minimum atomic E-state index is -1.90. The average Bonchev–Trinajstić information content (AvgIpc) is 2.84. The van der Waals surface area contributed by atoms with E-state index in [0.29, 0.717) is 13.0 Å². The van der Waals surface area contributed by atoms with Gasteiger partial charge in [0.25, 0.3) is 0 Å². The number of rotatable bonds is 4. The van der Waals surface area contributed by atoms with Crippen molar-refractivity contribution in [3.63, 3.8) is 0 Å². The molecule has 1 unspecified atom stereocenters. The second kappa shape index (κ2) is 8.44. The van der Waals surface area contributed by atoms with Crippen molar-refractivity contribution >= 4 is 17.3 Å². The standard InChI is InChI=1S/C26H26O9/c1-12(27)26(32)10-14-19(16(11-26)35-17-8-3-4-9-34-17)25(31)21-20(23(14)29)22(28)13-6-5-7-15(33-2)18(13)24(21)30/h5-7,16-17,29,31-32H,3-4,8-11H2,1-2H3/t16-,17?,26-/m0/s1. The molecule has 1 saturated heterocycles. The number of hydrogen-bond donors (Lipinski definition) is 3. The monoisotopic (exact) mass is 482 g/mol. The van der Waals surface area contributed by atoms with Gasteiger partial charge in [0.05, 0.1) is 29.9 Å². The molecule has 9 nitrogen and oxygen atoms in total. The van der Waals surface area contributed by atoms with Crippen molar-refractivity contribution in [2.75, 3.05) is 13.7 Å². The SMILES string of the molecule is COc1cccc2c1C(=O)c1c(O)c3c(c(O)c1C2=O)C[C@@](O)(C(C)=O)C[C@@H]3OC1CCCCO1. The molecule has 184 valence electrons. The number of carbonyl (C=O) groups excluding carboxylic acids is 3. The zero-order valence-corrected chi connectivity index (χ0v) is 19.4. The first-order valence-electron chi connectivity index (χ1n) is 11.6. The van der Waals surface area contributed by atoms with Crippen LogP contribution in [0.25, 0.3) is 0 Å². The molecule has 1 heterocycles. The molecule has 0 aromatic heterocycles. The number of carbonyl (C=O) groups is 3. The lowest BCUT2D eigenvalue weighted by atomic mass is 9.72. The number of hydrogen-bond acceptors (Lipinski definition) is 9. The molecule has 2 aromatic rings. The van der Waals surface area contributed by atoms with Gasteiger partial charge >= 0.3 is 0 Å². The van der Waals surface area contributed by atoms with E-state index < -0.39 is 46.8 Å². The van der Waals surface area contributed by atoms with Crippen molar-refractivity contribution in [1.82, 2.24) is 0 Å². The first kappa shape index (κ1) is 23.5. The number of aromatic hydroxyl groups is 2. The van der Waals surface area contributed by atoms with Gasteiger partial charge in [0.15, 0.2) is 17.9 Å². The smallest absolute Gasteiger partial charge is 0.202 e. The number of phenolic OH excluding ortho intramolecular Hbond substituents is 2. The van der Waals surface area contributed by atoms with Crippen LogP contribution >= 0.6 is 0 Å². The predicted octanol–water partition coefficient (Wildman–Crippen LogP) is 2.73. The van der Waals surface area contributed by atoms with Crippen LogP contribution in [-0.2, 0) is 20.7 Å². The van der Waals surface area contributed by atoms with E-state index in [9.17, 15) is 29.7 Å². The Labute approximate surface area is 201 Å². The Bertz CT molecular complexity index is 1260. The van der Waals surface area contributed by atoms with Crippen LogP contribution in [0.2, 0.25) is 0 Å². The quantitative estimate of drug-likeness (QED) is 0.479. The van der Waals surface area contributed by atoms with E-state index in [2.05, 4.69) is 0 Å². The summed E-state index contributed by atoms with van der Waals surface area (Å²) < 4.78 is 17.0. The summed E-state index contributed by atoms with van der Waals surface area (Å²) in [6.07, 6.45) is 0.0395. The number of methoxy groups -OCH3 is 1. The van der Waals surface area contributed by atoms with Gasteiger partial charge in [0.1, 0.15) is 22.8 Å². The minimum Gasteiger partial charge on any atom is -0.507 e. The zero-order chi connectivity index (χ0) is 25.1. The lowest BCUT2D eigenvalue weighted by molar-refractivity contribution is -0.203. The molecule has 0 spiro atoms. The zero-order valence-electron chi connectivity index (χ0n) is 19.4. The maximum atomic E-state index is 13.6. The molecule has 3 aliphatic rings. The fraction of sp³-hybridized carbons (Fsp3) is 0.423. The van der Waals surface area contributed by atoms with E-state index in [-0.39, 0.29) is 52.0 Å². The Morgan fingerprint density at radius 1 is 1.09 bits per heavy atom. The Hall–Kier alpha value is -3.27. The molecule has 35 heavy (non-hydrogen) atoms. The molecule has 3 atom stereocenters. The molecular formula is C26H26O9. The van der Waals surface area contributed by atoms with Gasteiger partial charge in [-0.3, -0.25) is 14.4 Å². The fourth-order valence-electron chi connectivity index (χ4n) is 5.30. The minimum absolute atomic E-state index is 0.00138. The Balaban J connectivity index is 1.72. The second-order valence-electron chi connectivity index (χ2n) is 9.27.